The van der Waals surface area contributed by atoms with Gasteiger partial charge in [-0.25, -0.2) is 4.79 Å². The minimum Gasteiger partial charge on any atom is -0.492 e. The van der Waals surface area contributed by atoms with Crippen LogP contribution in [0.2, 0.25) is 0 Å². The number of esters is 1. The highest BCUT2D eigenvalue weighted by Gasteiger charge is 2.09. The average Bonchev–Trinajstić information content (AvgIpc) is 2.41. The van der Waals surface area contributed by atoms with Crippen molar-refractivity contribution in [1.29, 1.82) is 0 Å². The van der Waals surface area contributed by atoms with E-state index < -0.39 is 5.97 Å². The Bertz CT molecular complexity index is 406. The first-order valence-corrected chi connectivity index (χ1v) is 6.46. The second-order valence-electron chi connectivity index (χ2n) is 3.93. The number of rotatable bonds is 8. The fraction of sp³-hybridized carbons (Fsp3) is 0.500. The lowest BCUT2D eigenvalue weighted by atomic mass is 10.2. The SMILES string of the molecule is CCCOCCOC(=O)c1ccc(OCC)c(N)c1. The number of carbonyl (C=O) groups excluding carboxylic acids is 1. The molecule has 1 aromatic rings. The molecule has 0 spiro atoms. The summed E-state index contributed by atoms with van der Waals surface area (Å²) < 4.78 is 15.6. The monoisotopic (exact) mass is 267 g/mol. The lowest BCUT2D eigenvalue weighted by Crippen LogP contribution is -2.11. The molecular weight excluding hydrogens is 246 g/mol. The number of benzene rings is 1. The molecule has 5 nitrogen and oxygen atoms in total. The van der Waals surface area contributed by atoms with Gasteiger partial charge in [-0.3, -0.25) is 0 Å². The van der Waals surface area contributed by atoms with Crippen molar-refractivity contribution < 1.29 is 19.0 Å². The van der Waals surface area contributed by atoms with Crippen LogP contribution in [0, 0.1) is 0 Å². The van der Waals surface area contributed by atoms with E-state index in [0.717, 1.165) is 6.42 Å². The largest absolute Gasteiger partial charge is 0.492 e. The van der Waals surface area contributed by atoms with Gasteiger partial charge < -0.3 is 19.9 Å². The van der Waals surface area contributed by atoms with Crippen LogP contribution in [0.1, 0.15) is 30.6 Å². The molecular formula is C14H21NO4. The molecule has 0 heterocycles. The molecule has 0 fully saturated rings. The molecule has 0 aliphatic heterocycles. The quantitative estimate of drug-likeness (QED) is 0.444. The van der Waals surface area contributed by atoms with E-state index in [1.165, 1.54) is 0 Å². The summed E-state index contributed by atoms with van der Waals surface area (Å²) in [4.78, 5) is 11.7. The second-order valence-corrected chi connectivity index (χ2v) is 3.93. The highest BCUT2D eigenvalue weighted by atomic mass is 16.6. The van der Waals surface area contributed by atoms with E-state index in [-0.39, 0.29) is 6.61 Å². The molecule has 0 unspecified atom stereocenters. The molecule has 0 saturated carbocycles. The summed E-state index contributed by atoms with van der Waals surface area (Å²) in [6.45, 7) is 5.75. The predicted molar refractivity (Wildman–Crippen MR) is 73.4 cm³/mol. The molecule has 19 heavy (non-hydrogen) atoms. The molecule has 0 aromatic heterocycles. The van der Waals surface area contributed by atoms with Crippen molar-refractivity contribution in [2.24, 2.45) is 0 Å². The molecule has 0 radical (unpaired) electrons. The average molecular weight is 267 g/mol. The number of nitrogen functional groups attached to an aromatic ring is 1. The third-order valence-electron chi connectivity index (χ3n) is 2.35. The van der Waals surface area contributed by atoms with Crippen LogP contribution >= 0.6 is 0 Å². The normalized spacial score (nSPS) is 10.2. The van der Waals surface area contributed by atoms with E-state index in [4.69, 9.17) is 19.9 Å². The Morgan fingerprint density at radius 1 is 1.21 bits per heavy atom. The van der Waals surface area contributed by atoms with Crippen molar-refractivity contribution in [3.8, 4) is 5.75 Å². The Morgan fingerprint density at radius 2 is 2.00 bits per heavy atom. The Morgan fingerprint density at radius 3 is 2.63 bits per heavy atom. The number of nitrogens with two attached hydrogens (primary N) is 1. The van der Waals surface area contributed by atoms with Crippen LogP contribution in [-0.4, -0.2) is 32.4 Å². The maximum absolute atomic E-state index is 11.7. The van der Waals surface area contributed by atoms with Gasteiger partial charge in [-0.05, 0) is 31.5 Å². The summed E-state index contributed by atoms with van der Waals surface area (Å²) in [5, 5.41) is 0. The van der Waals surface area contributed by atoms with E-state index in [1.54, 1.807) is 18.2 Å². The van der Waals surface area contributed by atoms with E-state index in [1.807, 2.05) is 13.8 Å². The van der Waals surface area contributed by atoms with Crippen molar-refractivity contribution in [2.75, 3.05) is 32.2 Å². The van der Waals surface area contributed by atoms with Crippen molar-refractivity contribution in [2.45, 2.75) is 20.3 Å². The second kappa shape index (κ2) is 8.37. The van der Waals surface area contributed by atoms with E-state index in [0.29, 0.717) is 36.8 Å². The predicted octanol–water partition coefficient (Wildman–Crippen LogP) is 2.25. The Kier molecular flexibility index (Phi) is 6.74. The van der Waals surface area contributed by atoms with Crippen LogP contribution in [-0.2, 0) is 9.47 Å². The van der Waals surface area contributed by atoms with Gasteiger partial charge in [0.05, 0.1) is 24.5 Å². The minimum absolute atomic E-state index is 0.242. The molecule has 0 saturated heterocycles. The number of carbonyl (C=O) groups is 1. The lowest BCUT2D eigenvalue weighted by Gasteiger charge is -2.09. The van der Waals surface area contributed by atoms with Gasteiger partial charge in [-0.15, -0.1) is 0 Å². The van der Waals surface area contributed by atoms with Crippen molar-refractivity contribution in [3.05, 3.63) is 23.8 Å². The van der Waals surface area contributed by atoms with Crippen LogP contribution in [0.5, 0.6) is 5.75 Å². The van der Waals surface area contributed by atoms with Gasteiger partial charge in [0.1, 0.15) is 12.4 Å². The van der Waals surface area contributed by atoms with Gasteiger partial charge in [0.15, 0.2) is 0 Å². The van der Waals surface area contributed by atoms with Crippen molar-refractivity contribution >= 4 is 11.7 Å². The summed E-state index contributed by atoms with van der Waals surface area (Å²) in [6.07, 6.45) is 0.948. The summed E-state index contributed by atoms with van der Waals surface area (Å²) >= 11 is 0. The Hall–Kier alpha value is -1.75. The van der Waals surface area contributed by atoms with E-state index >= 15 is 0 Å². The highest BCUT2D eigenvalue weighted by Crippen LogP contribution is 2.22. The number of hydrogen-bond donors (Lipinski definition) is 1. The van der Waals surface area contributed by atoms with Crippen LogP contribution in [0.4, 0.5) is 5.69 Å². The van der Waals surface area contributed by atoms with Crippen LogP contribution in [0.25, 0.3) is 0 Å². The van der Waals surface area contributed by atoms with Crippen LogP contribution in [0.3, 0.4) is 0 Å². The summed E-state index contributed by atoms with van der Waals surface area (Å²) in [5.74, 6) is 0.167. The zero-order valence-electron chi connectivity index (χ0n) is 11.5. The molecule has 1 rings (SSSR count). The molecule has 5 heteroatoms. The first-order valence-electron chi connectivity index (χ1n) is 6.46. The summed E-state index contributed by atoms with van der Waals surface area (Å²) in [5.41, 5.74) is 6.62. The van der Waals surface area contributed by atoms with Gasteiger partial charge in [0.25, 0.3) is 0 Å². The smallest absolute Gasteiger partial charge is 0.338 e. The number of anilines is 1. The number of ether oxygens (including phenoxy) is 3. The molecule has 0 aliphatic carbocycles. The van der Waals surface area contributed by atoms with Crippen LogP contribution in [0.15, 0.2) is 18.2 Å². The fourth-order valence-corrected chi connectivity index (χ4v) is 1.49. The highest BCUT2D eigenvalue weighted by molar-refractivity contribution is 5.91. The molecule has 0 amide bonds. The lowest BCUT2D eigenvalue weighted by molar-refractivity contribution is 0.0318. The third kappa shape index (κ3) is 5.18. The molecule has 1 aromatic carbocycles. The van der Waals surface area contributed by atoms with Gasteiger partial charge in [-0.2, -0.15) is 0 Å². The Balaban J connectivity index is 2.46. The zero-order chi connectivity index (χ0) is 14.1. The molecule has 0 bridgehead atoms. The first kappa shape index (κ1) is 15.3. The zero-order valence-corrected chi connectivity index (χ0v) is 11.5. The summed E-state index contributed by atoms with van der Waals surface area (Å²) in [7, 11) is 0. The van der Waals surface area contributed by atoms with E-state index in [9.17, 15) is 4.79 Å². The van der Waals surface area contributed by atoms with Crippen molar-refractivity contribution in [3.63, 3.8) is 0 Å². The van der Waals surface area contributed by atoms with Crippen molar-refractivity contribution in [1.82, 2.24) is 0 Å². The molecule has 0 atom stereocenters. The van der Waals surface area contributed by atoms with Crippen LogP contribution < -0.4 is 10.5 Å². The molecule has 2 N–H and O–H groups in total. The molecule has 106 valence electrons. The Labute approximate surface area is 113 Å². The fourth-order valence-electron chi connectivity index (χ4n) is 1.49. The topological polar surface area (TPSA) is 70.8 Å². The standard InChI is InChI=1S/C14H21NO4/c1-3-7-17-8-9-19-14(16)11-5-6-13(18-4-2)12(15)10-11/h5-6,10H,3-4,7-9,15H2,1-2H3. The summed E-state index contributed by atoms with van der Waals surface area (Å²) in [6, 6.07) is 4.86. The number of hydrogen-bond acceptors (Lipinski definition) is 5. The minimum atomic E-state index is -0.408. The van der Waals surface area contributed by atoms with Gasteiger partial charge in [0.2, 0.25) is 0 Å². The van der Waals surface area contributed by atoms with Gasteiger partial charge >= 0.3 is 5.97 Å². The maximum atomic E-state index is 11.7. The maximum Gasteiger partial charge on any atom is 0.338 e. The van der Waals surface area contributed by atoms with Gasteiger partial charge in [-0.1, -0.05) is 6.92 Å². The van der Waals surface area contributed by atoms with E-state index in [2.05, 4.69) is 0 Å². The third-order valence-corrected chi connectivity index (χ3v) is 2.35. The first-order chi connectivity index (χ1) is 9.19. The molecule has 0 aliphatic rings. The van der Waals surface area contributed by atoms with Gasteiger partial charge in [0, 0.05) is 6.61 Å².